The van der Waals surface area contributed by atoms with Crippen molar-refractivity contribution in [2.24, 2.45) is 5.73 Å². The number of nitrogens with one attached hydrogen (secondary N) is 2. The molecule has 0 aliphatic carbocycles. The van der Waals surface area contributed by atoms with Crippen molar-refractivity contribution in [2.45, 2.75) is 29.8 Å². The van der Waals surface area contributed by atoms with Crippen LogP contribution < -0.4 is 16.4 Å². The number of hydrogen-bond donors (Lipinski definition) is 3. The third-order valence-electron chi connectivity index (χ3n) is 4.35. The van der Waals surface area contributed by atoms with Crippen LogP contribution in [0.3, 0.4) is 0 Å². The summed E-state index contributed by atoms with van der Waals surface area (Å²) in [6.45, 7) is -0.289. The monoisotopic (exact) mass is 412 g/mol. The van der Waals surface area contributed by atoms with Gasteiger partial charge in [0.2, 0.25) is 21.8 Å². The molecule has 1 aromatic rings. The van der Waals surface area contributed by atoms with Crippen molar-refractivity contribution >= 4 is 27.8 Å². The number of rotatable bonds is 8. The Hall–Kier alpha value is -2.50. The molecule has 2 atom stereocenters. The lowest BCUT2D eigenvalue weighted by molar-refractivity contribution is -0.145. The maximum absolute atomic E-state index is 12.9. The van der Waals surface area contributed by atoms with E-state index in [1.54, 1.807) is 18.2 Å². The van der Waals surface area contributed by atoms with Crippen LogP contribution in [0.2, 0.25) is 0 Å². The molecule has 2 amide bonds. The molecule has 1 aliphatic rings. The minimum Gasteiger partial charge on any atom is -0.467 e. The van der Waals surface area contributed by atoms with E-state index in [9.17, 15) is 22.8 Å². The number of esters is 1. The Kier molecular flexibility index (Phi) is 7.49. The van der Waals surface area contributed by atoms with Gasteiger partial charge < -0.3 is 21.1 Å². The Balaban J connectivity index is 2.14. The largest absolute Gasteiger partial charge is 0.467 e. The van der Waals surface area contributed by atoms with E-state index in [-0.39, 0.29) is 24.5 Å². The summed E-state index contributed by atoms with van der Waals surface area (Å²) in [6, 6.07) is 5.71. The number of nitrogens with two attached hydrogens (primary N) is 1. The third kappa shape index (κ3) is 5.06. The van der Waals surface area contributed by atoms with Gasteiger partial charge in [-0.3, -0.25) is 9.59 Å². The fourth-order valence-electron chi connectivity index (χ4n) is 2.91. The summed E-state index contributed by atoms with van der Waals surface area (Å²) >= 11 is 0. The summed E-state index contributed by atoms with van der Waals surface area (Å²) < 4.78 is 31.5. The van der Waals surface area contributed by atoms with E-state index >= 15 is 0 Å². The smallest absolute Gasteiger partial charge is 0.330 e. The first kappa shape index (κ1) is 21.8. The second kappa shape index (κ2) is 9.62. The minimum absolute atomic E-state index is 0.0921. The van der Waals surface area contributed by atoms with Crippen molar-refractivity contribution < 1.29 is 27.5 Å². The number of nitrogens with zero attached hydrogens (tertiary/aromatic N) is 1. The van der Waals surface area contributed by atoms with Gasteiger partial charge in [0.15, 0.2) is 0 Å². The average molecular weight is 412 g/mol. The predicted octanol–water partition coefficient (Wildman–Crippen LogP) is -1.43. The van der Waals surface area contributed by atoms with E-state index in [4.69, 9.17) is 5.73 Å². The zero-order valence-corrected chi connectivity index (χ0v) is 16.3. The second-order valence-electron chi connectivity index (χ2n) is 6.18. The molecule has 11 heteroatoms. The minimum atomic E-state index is -3.85. The second-order valence-corrected chi connectivity index (χ2v) is 8.07. The molecule has 0 aromatic heterocycles. The number of carbonyl (C=O) groups excluding carboxylic acids is 3. The van der Waals surface area contributed by atoms with E-state index in [0.717, 1.165) is 11.4 Å². The lowest BCUT2D eigenvalue weighted by atomic mass is 10.2. The molecular weight excluding hydrogens is 388 g/mol. The Morgan fingerprint density at radius 3 is 2.57 bits per heavy atom. The molecule has 10 nitrogen and oxygen atoms in total. The molecule has 1 saturated heterocycles. The van der Waals surface area contributed by atoms with E-state index in [1.165, 1.54) is 12.1 Å². The summed E-state index contributed by atoms with van der Waals surface area (Å²) in [5, 5.41) is 4.87. The quantitative estimate of drug-likeness (QED) is 0.444. The number of methoxy groups -OCH3 is 1. The summed E-state index contributed by atoms with van der Waals surface area (Å²) in [5.74, 6) is -1.90. The number of carbonyl (C=O) groups is 3. The van der Waals surface area contributed by atoms with Crippen molar-refractivity contribution in [1.82, 2.24) is 14.9 Å². The average Bonchev–Trinajstić information content (AvgIpc) is 3.21. The number of hydrogen-bond acceptors (Lipinski definition) is 7. The zero-order chi connectivity index (χ0) is 20.7. The van der Waals surface area contributed by atoms with Gasteiger partial charge in [-0.05, 0) is 25.0 Å². The highest BCUT2D eigenvalue weighted by Gasteiger charge is 2.40. The van der Waals surface area contributed by atoms with Gasteiger partial charge in [-0.15, -0.1) is 0 Å². The molecule has 1 aromatic carbocycles. The van der Waals surface area contributed by atoms with Crippen LogP contribution in [-0.4, -0.2) is 69.3 Å². The molecule has 1 aliphatic heterocycles. The van der Waals surface area contributed by atoms with Crippen LogP contribution in [0.1, 0.15) is 12.8 Å². The molecule has 0 bridgehead atoms. The molecule has 0 saturated carbocycles. The lowest BCUT2D eigenvalue weighted by Crippen LogP contribution is -2.54. The van der Waals surface area contributed by atoms with E-state index in [2.05, 4.69) is 15.4 Å². The van der Waals surface area contributed by atoms with Gasteiger partial charge in [-0.1, -0.05) is 18.2 Å². The maximum atomic E-state index is 12.9. The van der Waals surface area contributed by atoms with E-state index < -0.39 is 39.9 Å². The van der Waals surface area contributed by atoms with Gasteiger partial charge >= 0.3 is 5.97 Å². The predicted molar refractivity (Wildman–Crippen MR) is 99.4 cm³/mol. The third-order valence-corrected chi connectivity index (χ3v) is 6.27. The van der Waals surface area contributed by atoms with E-state index in [1.807, 2.05) is 0 Å². The van der Waals surface area contributed by atoms with Crippen molar-refractivity contribution in [3.63, 3.8) is 0 Å². The summed E-state index contributed by atoms with van der Waals surface area (Å²) in [4.78, 5) is 36.0. The number of benzene rings is 1. The lowest BCUT2D eigenvalue weighted by Gasteiger charge is -2.25. The van der Waals surface area contributed by atoms with Gasteiger partial charge in [0.1, 0.15) is 12.1 Å². The van der Waals surface area contributed by atoms with Gasteiger partial charge in [0.05, 0.1) is 18.6 Å². The van der Waals surface area contributed by atoms with Gasteiger partial charge in [0, 0.05) is 13.1 Å². The van der Waals surface area contributed by atoms with Crippen LogP contribution in [0, 0.1) is 0 Å². The van der Waals surface area contributed by atoms with Crippen LogP contribution in [-0.2, 0) is 29.1 Å². The van der Waals surface area contributed by atoms with Gasteiger partial charge in [-0.2, -0.15) is 4.31 Å². The van der Waals surface area contributed by atoms with Crippen molar-refractivity contribution in [3.8, 4) is 0 Å². The van der Waals surface area contributed by atoms with Gasteiger partial charge in [0.25, 0.3) is 0 Å². The van der Waals surface area contributed by atoms with Crippen LogP contribution in [0.15, 0.2) is 35.2 Å². The molecule has 1 fully saturated rings. The molecular formula is C17H24N4O6S. The summed E-state index contributed by atoms with van der Waals surface area (Å²) in [7, 11) is -2.71. The van der Waals surface area contributed by atoms with Crippen LogP contribution in [0.5, 0.6) is 0 Å². The fourth-order valence-corrected chi connectivity index (χ4v) is 4.59. The highest BCUT2D eigenvalue weighted by atomic mass is 32.2. The maximum Gasteiger partial charge on any atom is 0.330 e. The number of sulfonamides is 1. The molecule has 1 heterocycles. The summed E-state index contributed by atoms with van der Waals surface area (Å²) in [6.07, 6.45) is 0.831. The number of amides is 2. The zero-order valence-electron chi connectivity index (χ0n) is 15.5. The first-order valence-electron chi connectivity index (χ1n) is 8.73. The molecule has 28 heavy (non-hydrogen) atoms. The first-order chi connectivity index (χ1) is 13.3. The fraction of sp³-hybridized carbons (Fsp3) is 0.471. The van der Waals surface area contributed by atoms with Crippen molar-refractivity contribution in [2.75, 3.05) is 26.7 Å². The molecule has 154 valence electrons. The van der Waals surface area contributed by atoms with Crippen LogP contribution >= 0.6 is 0 Å². The topological polar surface area (TPSA) is 148 Å². The Bertz CT molecular complexity index is 814. The van der Waals surface area contributed by atoms with Crippen molar-refractivity contribution in [1.29, 1.82) is 0 Å². The SMILES string of the molecule is COC(=O)[C@H](CNC(=O)CN)NC(=O)[C@@H]1CCCN1S(=O)(=O)c1ccccc1. The standard InChI is InChI=1S/C17H24N4O6S/c1-27-17(24)13(11-19-15(22)10-18)20-16(23)14-8-5-9-21(14)28(25,26)12-6-3-2-4-7-12/h2-4,6-7,13-14H,5,8-11,18H2,1H3,(H,19,22)(H,20,23)/t13-,14-/m0/s1. The molecule has 0 spiro atoms. The van der Waals surface area contributed by atoms with Gasteiger partial charge in [-0.25, -0.2) is 13.2 Å². The molecule has 4 N–H and O–H groups in total. The Morgan fingerprint density at radius 2 is 1.96 bits per heavy atom. The van der Waals surface area contributed by atoms with Crippen LogP contribution in [0.25, 0.3) is 0 Å². The molecule has 0 unspecified atom stereocenters. The van der Waals surface area contributed by atoms with Crippen molar-refractivity contribution in [3.05, 3.63) is 30.3 Å². The highest BCUT2D eigenvalue weighted by molar-refractivity contribution is 7.89. The normalized spacial score (nSPS) is 18.3. The van der Waals surface area contributed by atoms with Crippen LogP contribution in [0.4, 0.5) is 0 Å². The molecule has 0 radical (unpaired) electrons. The highest BCUT2D eigenvalue weighted by Crippen LogP contribution is 2.26. The summed E-state index contributed by atoms with van der Waals surface area (Å²) in [5.41, 5.74) is 5.20. The van der Waals surface area contributed by atoms with E-state index in [0.29, 0.717) is 12.8 Å². The number of ether oxygens (including phenoxy) is 1. The first-order valence-corrected chi connectivity index (χ1v) is 10.2. The molecule has 2 rings (SSSR count). The Morgan fingerprint density at radius 1 is 1.29 bits per heavy atom. The Labute approximate surface area is 163 Å².